The van der Waals surface area contributed by atoms with Crippen LogP contribution in [-0.4, -0.2) is 16.0 Å². The van der Waals surface area contributed by atoms with E-state index in [1.54, 1.807) is 0 Å². The Hall–Kier alpha value is -1.55. The molecule has 0 atom stereocenters. The molecule has 4 heteroatoms. The molecule has 0 fully saturated rings. The third-order valence-corrected chi connectivity index (χ3v) is 4.11. The standard InChI is InChI=1S/C16H20N2OS/c1-13-17-18-16(20-13)15(19)12-8-3-2-5-9-14-10-6-4-7-11-14/h4,6-7,10-11H,2-3,5,8-9,12H2,1H3. The Kier molecular flexibility index (Phi) is 5.87. The summed E-state index contributed by atoms with van der Waals surface area (Å²) >= 11 is 1.39. The zero-order valence-corrected chi connectivity index (χ0v) is 12.7. The molecule has 1 aromatic heterocycles. The smallest absolute Gasteiger partial charge is 0.193 e. The summed E-state index contributed by atoms with van der Waals surface area (Å²) in [5.41, 5.74) is 1.40. The van der Waals surface area contributed by atoms with E-state index in [0.29, 0.717) is 11.4 Å². The van der Waals surface area contributed by atoms with Gasteiger partial charge in [0.2, 0.25) is 0 Å². The number of Topliss-reactive ketones (excluding diaryl/α,β-unsaturated/α-hetero) is 1. The molecule has 0 saturated heterocycles. The molecule has 0 bridgehead atoms. The van der Waals surface area contributed by atoms with E-state index in [9.17, 15) is 4.79 Å². The molecule has 0 N–H and O–H groups in total. The fourth-order valence-corrected chi connectivity index (χ4v) is 2.79. The summed E-state index contributed by atoms with van der Waals surface area (Å²) in [4.78, 5) is 11.8. The number of carbonyl (C=O) groups excluding carboxylic acids is 1. The van der Waals surface area contributed by atoms with Gasteiger partial charge in [-0.3, -0.25) is 4.79 Å². The topological polar surface area (TPSA) is 42.9 Å². The second-order valence-corrected chi connectivity index (χ2v) is 6.13. The van der Waals surface area contributed by atoms with Gasteiger partial charge in [0, 0.05) is 6.42 Å². The van der Waals surface area contributed by atoms with Gasteiger partial charge in [0.15, 0.2) is 10.8 Å². The first-order valence-electron chi connectivity index (χ1n) is 7.13. The van der Waals surface area contributed by atoms with Gasteiger partial charge in [-0.1, -0.05) is 54.5 Å². The van der Waals surface area contributed by atoms with Crippen LogP contribution in [0.1, 0.15) is 52.5 Å². The van der Waals surface area contributed by atoms with Gasteiger partial charge in [-0.2, -0.15) is 0 Å². The van der Waals surface area contributed by atoms with E-state index in [0.717, 1.165) is 24.3 Å². The number of hydrogen-bond donors (Lipinski definition) is 0. The van der Waals surface area contributed by atoms with Crippen LogP contribution < -0.4 is 0 Å². The van der Waals surface area contributed by atoms with E-state index < -0.39 is 0 Å². The van der Waals surface area contributed by atoms with Crippen LogP contribution in [0.5, 0.6) is 0 Å². The van der Waals surface area contributed by atoms with E-state index >= 15 is 0 Å². The number of carbonyl (C=O) groups is 1. The third-order valence-electron chi connectivity index (χ3n) is 3.23. The van der Waals surface area contributed by atoms with Crippen LogP contribution >= 0.6 is 11.3 Å². The van der Waals surface area contributed by atoms with Crippen LogP contribution in [0, 0.1) is 6.92 Å². The lowest BCUT2D eigenvalue weighted by molar-refractivity contribution is 0.0978. The monoisotopic (exact) mass is 288 g/mol. The maximum atomic E-state index is 11.8. The Morgan fingerprint density at radius 2 is 1.80 bits per heavy atom. The van der Waals surface area contributed by atoms with Crippen LogP contribution in [0.25, 0.3) is 0 Å². The van der Waals surface area contributed by atoms with Gasteiger partial charge in [-0.05, 0) is 31.7 Å². The molecule has 2 aromatic rings. The van der Waals surface area contributed by atoms with Crippen molar-refractivity contribution in [3.05, 3.63) is 45.9 Å². The Bertz CT molecular complexity index is 536. The van der Waals surface area contributed by atoms with Crippen LogP contribution in [0.3, 0.4) is 0 Å². The molecule has 0 amide bonds. The minimum Gasteiger partial charge on any atom is -0.291 e. The molecule has 2 rings (SSSR count). The highest BCUT2D eigenvalue weighted by molar-refractivity contribution is 7.13. The third kappa shape index (κ3) is 4.85. The normalized spacial score (nSPS) is 10.7. The van der Waals surface area contributed by atoms with Gasteiger partial charge in [0.1, 0.15) is 5.01 Å². The number of rotatable bonds is 8. The molecule has 0 aliphatic carbocycles. The Morgan fingerprint density at radius 1 is 1.05 bits per heavy atom. The Labute approximate surface area is 124 Å². The van der Waals surface area contributed by atoms with Crippen LogP contribution in [-0.2, 0) is 6.42 Å². The lowest BCUT2D eigenvalue weighted by Gasteiger charge is -2.01. The number of unbranched alkanes of at least 4 members (excludes halogenated alkanes) is 3. The summed E-state index contributed by atoms with van der Waals surface area (Å²) < 4.78 is 0. The SMILES string of the molecule is Cc1nnc(C(=O)CCCCCCc2ccccc2)s1. The maximum Gasteiger partial charge on any atom is 0.193 e. The summed E-state index contributed by atoms with van der Waals surface area (Å²) in [5.74, 6) is 0.138. The highest BCUT2D eigenvalue weighted by atomic mass is 32.1. The molecule has 0 aliphatic rings. The zero-order chi connectivity index (χ0) is 14.2. The van der Waals surface area contributed by atoms with Crippen molar-refractivity contribution >= 4 is 17.1 Å². The average Bonchev–Trinajstić information content (AvgIpc) is 2.90. The van der Waals surface area contributed by atoms with Gasteiger partial charge in [-0.25, -0.2) is 0 Å². The maximum absolute atomic E-state index is 11.8. The molecule has 0 saturated carbocycles. The van der Waals surface area contributed by atoms with Crippen molar-refractivity contribution in [3.63, 3.8) is 0 Å². The Balaban J connectivity index is 1.57. The van der Waals surface area contributed by atoms with Crippen molar-refractivity contribution in [3.8, 4) is 0 Å². The fourth-order valence-electron chi connectivity index (χ4n) is 2.13. The average molecular weight is 288 g/mol. The van der Waals surface area contributed by atoms with Crippen molar-refractivity contribution in [1.29, 1.82) is 0 Å². The number of nitrogens with zero attached hydrogens (tertiary/aromatic N) is 2. The van der Waals surface area contributed by atoms with Gasteiger partial charge >= 0.3 is 0 Å². The molecule has 3 nitrogen and oxygen atoms in total. The second kappa shape index (κ2) is 7.90. The molecule has 0 spiro atoms. The van der Waals surface area contributed by atoms with E-state index in [1.165, 1.54) is 29.7 Å². The summed E-state index contributed by atoms with van der Waals surface area (Å²) in [7, 11) is 0. The molecule has 1 heterocycles. The summed E-state index contributed by atoms with van der Waals surface area (Å²) in [6.45, 7) is 1.87. The number of aryl methyl sites for hydroxylation is 2. The number of hydrogen-bond acceptors (Lipinski definition) is 4. The first-order valence-corrected chi connectivity index (χ1v) is 7.94. The molecular weight excluding hydrogens is 268 g/mol. The minimum absolute atomic E-state index is 0.138. The van der Waals surface area contributed by atoms with Gasteiger partial charge < -0.3 is 0 Å². The molecular formula is C16H20N2OS. The summed E-state index contributed by atoms with van der Waals surface area (Å²) in [6, 6.07) is 10.5. The molecule has 20 heavy (non-hydrogen) atoms. The second-order valence-electron chi connectivity index (χ2n) is 4.95. The summed E-state index contributed by atoms with van der Waals surface area (Å²) in [5, 5.41) is 9.19. The predicted molar refractivity (Wildman–Crippen MR) is 82.2 cm³/mol. The van der Waals surface area contributed by atoms with Crippen molar-refractivity contribution in [1.82, 2.24) is 10.2 Å². The quantitative estimate of drug-likeness (QED) is 0.539. The first kappa shape index (κ1) is 14.9. The number of benzene rings is 1. The molecule has 106 valence electrons. The van der Waals surface area contributed by atoms with Crippen molar-refractivity contribution < 1.29 is 4.79 Å². The van der Waals surface area contributed by atoms with E-state index in [1.807, 2.05) is 13.0 Å². The lowest BCUT2D eigenvalue weighted by atomic mass is 10.0. The highest BCUT2D eigenvalue weighted by Gasteiger charge is 2.10. The zero-order valence-electron chi connectivity index (χ0n) is 11.8. The van der Waals surface area contributed by atoms with Crippen LogP contribution in [0.15, 0.2) is 30.3 Å². The van der Waals surface area contributed by atoms with Gasteiger partial charge in [-0.15, -0.1) is 10.2 Å². The van der Waals surface area contributed by atoms with E-state index in [4.69, 9.17) is 0 Å². The molecule has 0 radical (unpaired) electrons. The van der Waals surface area contributed by atoms with Crippen molar-refractivity contribution in [2.75, 3.05) is 0 Å². The largest absolute Gasteiger partial charge is 0.291 e. The lowest BCUT2D eigenvalue weighted by Crippen LogP contribution is -1.98. The van der Waals surface area contributed by atoms with E-state index in [-0.39, 0.29) is 5.78 Å². The fraction of sp³-hybridized carbons (Fsp3) is 0.438. The van der Waals surface area contributed by atoms with Crippen LogP contribution in [0.2, 0.25) is 0 Å². The minimum atomic E-state index is 0.138. The van der Waals surface area contributed by atoms with Crippen molar-refractivity contribution in [2.24, 2.45) is 0 Å². The van der Waals surface area contributed by atoms with E-state index in [2.05, 4.69) is 34.5 Å². The van der Waals surface area contributed by atoms with Crippen LogP contribution in [0.4, 0.5) is 0 Å². The van der Waals surface area contributed by atoms with Crippen molar-refractivity contribution in [2.45, 2.75) is 45.4 Å². The first-order chi connectivity index (χ1) is 9.75. The molecule has 1 aromatic carbocycles. The number of aromatic nitrogens is 2. The summed E-state index contributed by atoms with van der Waals surface area (Å²) in [6.07, 6.45) is 6.15. The molecule has 0 unspecified atom stereocenters. The molecule has 0 aliphatic heterocycles. The Morgan fingerprint density at radius 3 is 2.50 bits per heavy atom. The van der Waals surface area contributed by atoms with Gasteiger partial charge in [0.25, 0.3) is 0 Å². The predicted octanol–water partition coefficient (Wildman–Crippen LogP) is 4.22. The van der Waals surface area contributed by atoms with Gasteiger partial charge in [0.05, 0.1) is 0 Å². The number of ketones is 1. The highest BCUT2D eigenvalue weighted by Crippen LogP contribution is 2.14.